The molecule has 5 nitrogen and oxygen atoms in total. The molecule has 2 aromatic rings. The molecule has 2 heterocycles. The lowest BCUT2D eigenvalue weighted by Gasteiger charge is -2.19. The van der Waals surface area contributed by atoms with Crippen LogP contribution in [0, 0.1) is 0 Å². The van der Waals surface area contributed by atoms with Gasteiger partial charge in [0.25, 0.3) is 0 Å². The topological polar surface area (TPSA) is 54.8 Å². The summed E-state index contributed by atoms with van der Waals surface area (Å²) >= 11 is 9.35. The molecule has 22 heavy (non-hydrogen) atoms. The fourth-order valence-corrected chi connectivity index (χ4v) is 2.66. The second kappa shape index (κ2) is 6.06. The summed E-state index contributed by atoms with van der Waals surface area (Å²) in [7, 11) is 0. The Bertz CT molecular complexity index is 766. The lowest BCUT2D eigenvalue weighted by molar-refractivity contribution is -0.135. The number of carbonyl (C=O) groups excluding carboxylic acids is 1. The number of hydrazone groups is 1. The molecule has 0 fully saturated rings. The fourth-order valence-electron chi connectivity index (χ4n) is 2.08. The predicted molar refractivity (Wildman–Crippen MR) is 86.3 cm³/mol. The Morgan fingerprint density at radius 1 is 1.36 bits per heavy atom. The smallest absolute Gasteiger partial charge is 0.243 e. The first-order valence-corrected chi connectivity index (χ1v) is 7.63. The zero-order chi connectivity index (χ0) is 15.7. The van der Waals surface area contributed by atoms with Crippen LogP contribution in [0.3, 0.4) is 0 Å². The summed E-state index contributed by atoms with van der Waals surface area (Å²) in [5, 5.41) is 6.13. The van der Waals surface area contributed by atoms with E-state index in [2.05, 4.69) is 26.0 Å². The highest BCUT2D eigenvalue weighted by Crippen LogP contribution is 2.31. The standard InChI is InChI=1S/C15H11BrClN3O2/c1-9(21)20-15(11-5-12(16)8-18-7-11)22-14(19-20)10-3-2-4-13(17)6-10/h2-8,15H,1H3. The molecule has 0 bridgehead atoms. The highest BCUT2D eigenvalue weighted by atomic mass is 79.9. The average Bonchev–Trinajstić information content (AvgIpc) is 2.92. The number of benzene rings is 1. The molecule has 1 aromatic heterocycles. The van der Waals surface area contributed by atoms with Gasteiger partial charge in [0.15, 0.2) is 0 Å². The maximum atomic E-state index is 11.8. The molecule has 0 saturated heterocycles. The summed E-state index contributed by atoms with van der Waals surface area (Å²) in [5.41, 5.74) is 1.44. The van der Waals surface area contributed by atoms with Crippen molar-refractivity contribution in [1.29, 1.82) is 0 Å². The minimum Gasteiger partial charge on any atom is -0.446 e. The molecule has 1 atom stereocenters. The van der Waals surface area contributed by atoms with E-state index >= 15 is 0 Å². The third-order valence-corrected chi connectivity index (χ3v) is 3.72. The van der Waals surface area contributed by atoms with Crippen molar-refractivity contribution in [3.05, 3.63) is 63.3 Å². The zero-order valence-corrected chi connectivity index (χ0v) is 13.9. The molecule has 0 radical (unpaired) electrons. The molecule has 112 valence electrons. The lowest BCUT2D eigenvalue weighted by atomic mass is 10.2. The first kappa shape index (κ1) is 15.0. The van der Waals surface area contributed by atoms with Gasteiger partial charge in [0, 0.05) is 39.9 Å². The van der Waals surface area contributed by atoms with Crippen LogP contribution in [0.25, 0.3) is 0 Å². The summed E-state index contributed by atoms with van der Waals surface area (Å²) in [6, 6.07) is 8.96. The van der Waals surface area contributed by atoms with E-state index in [4.69, 9.17) is 16.3 Å². The fraction of sp³-hybridized carbons (Fsp3) is 0.133. The second-order valence-electron chi connectivity index (χ2n) is 4.69. The third kappa shape index (κ3) is 2.98. The van der Waals surface area contributed by atoms with Crippen molar-refractivity contribution in [3.63, 3.8) is 0 Å². The van der Waals surface area contributed by atoms with E-state index in [1.807, 2.05) is 12.1 Å². The first-order chi connectivity index (χ1) is 10.5. The van der Waals surface area contributed by atoms with Crippen LogP contribution in [0.2, 0.25) is 5.02 Å². The Labute approximate surface area is 140 Å². The van der Waals surface area contributed by atoms with Gasteiger partial charge in [0.2, 0.25) is 18.0 Å². The zero-order valence-electron chi connectivity index (χ0n) is 11.5. The lowest BCUT2D eigenvalue weighted by Crippen LogP contribution is -2.25. The summed E-state index contributed by atoms with van der Waals surface area (Å²) in [6.07, 6.45) is 2.66. The van der Waals surface area contributed by atoms with E-state index in [1.54, 1.807) is 30.6 Å². The molecule has 1 aliphatic heterocycles. The highest BCUT2D eigenvalue weighted by Gasteiger charge is 2.33. The number of hydrogen-bond donors (Lipinski definition) is 0. The summed E-state index contributed by atoms with van der Waals surface area (Å²) in [5.74, 6) is 0.129. The number of pyridine rings is 1. The molecular weight excluding hydrogens is 370 g/mol. The third-order valence-electron chi connectivity index (χ3n) is 3.05. The molecule has 0 N–H and O–H groups in total. The molecule has 0 spiro atoms. The van der Waals surface area contributed by atoms with E-state index < -0.39 is 6.23 Å². The van der Waals surface area contributed by atoms with Crippen LogP contribution in [-0.4, -0.2) is 21.8 Å². The van der Waals surface area contributed by atoms with Crippen molar-refractivity contribution in [2.24, 2.45) is 5.10 Å². The van der Waals surface area contributed by atoms with Gasteiger partial charge in [-0.25, -0.2) is 0 Å². The van der Waals surface area contributed by atoms with Crippen molar-refractivity contribution in [1.82, 2.24) is 9.99 Å². The van der Waals surface area contributed by atoms with Crippen LogP contribution in [0.15, 0.2) is 52.3 Å². The molecule has 1 aromatic carbocycles. The molecule has 0 aliphatic carbocycles. The van der Waals surface area contributed by atoms with Crippen molar-refractivity contribution in [3.8, 4) is 0 Å². The van der Waals surface area contributed by atoms with Gasteiger partial charge in [-0.3, -0.25) is 9.78 Å². The summed E-state index contributed by atoms with van der Waals surface area (Å²) in [4.78, 5) is 15.9. The van der Waals surface area contributed by atoms with E-state index in [1.165, 1.54) is 11.9 Å². The van der Waals surface area contributed by atoms with Crippen molar-refractivity contribution < 1.29 is 9.53 Å². The van der Waals surface area contributed by atoms with Gasteiger partial charge in [0.05, 0.1) is 0 Å². The Morgan fingerprint density at radius 3 is 2.86 bits per heavy atom. The van der Waals surface area contributed by atoms with Gasteiger partial charge in [-0.05, 0) is 40.2 Å². The monoisotopic (exact) mass is 379 g/mol. The second-order valence-corrected chi connectivity index (χ2v) is 6.04. The minimum atomic E-state index is -0.642. The van der Waals surface area contributed by atoms with E-state index in [-0.39, 0.29) is 5.91 Å². The SMILES string of the molecule is CC(=O)N1N=C(c2cccc(Cl)c2)OC1c1cncc(Br)c1. The van der Waals surface area contributed by atoms with Crippen molar-refractivity contribution in [2.75, 3.05) is 0 Å². The van der Waals surface area contributed by atoms with Gasteiger partial charge in [-0.15, -0.1) is 5.10 Å². The van der Waals surface area contributed by atoms with Gasteiger partial charge in [0.1, 0.15) is 0 Å². The number of nitrogens with zero attached hydrogens (tertiary/aromatic N) is 3. The highest BCUT2D eigenvalue weighted by molar-refractivity contribution is 9.10. The van der Waals surface area contributed by atoms with E-state index in [9.17, 15) is 4.79 Å². The largest absolute Gasteiger partial charge is 0.446 e. The molecule has 3 rings (SSSR count). The van der Waals surface area contributed by atoms with Crippen LogP contribution in [0.4, 0.5) is 0 Å². The number of carbonyl (C=O) groups is 1. The number of halogens is 2. The Balaban J connectivity index is 1.96. The average molecular weight is 381 g/mol. The van der Waals surface area contributed by atoms with E-state index in [0.29, 0.717) is 16.5 Å². The quantitative estimate of drug-likeness (QED) is 0.797. The number of amides is 1. The summed E-state index contributed by atoms with van der Waals surface area (Å²) in [6.45, 7) is 1.44. The first-order valence-electron chi connectivity index (χ1n) is 6.46. The van der Waals surface area contributed by atoms with Crippen LogP contribution in [-0.2, 0) is 9.53 Å². The maximum Gasteiger partial charge on any atom is 0.243 e. The molecule has 1 unspecified atom stereocenters. The molecule has 7 heteroatoms. The number of ether oxygens (including phenoxy) is 1. The van der Waals surface area contributed by atoms with Gasteiger partial charge < -0.3 is 4.74 Å². The normalized spacial score (nSPS) is 17.1. The predicted octanol–water partition coefficient (Wildman–Crippen LogP) is 3.74. The Hall–Kier alpha value is -1.92. The number of aromatic nitrogens is 1. The Kier molecular flexibility index (Phi) is 4.13. The van der Waals surface area contributed by atoms with Gasteiger partial charge >= 0.3 is 0 Å². The summed E-state index contributed by atoms with van der Waals surface area (Å²) < 4.78 is 6.65. The molecular formula is C15H11BrClN3O2. The molecule has 0 saturated carbocycles. The van der Waals surface area contributed by atoms with E-state index in [0.717, 1.165) is 10.0 Å². The van der Waals surface area contributed by atoms with Crippen LogP contribution in [0.5, 0.6) is 0 Å². The molecule has 1 aliphatic rings. The van der Waals surface area contributed by atoms with Crippen LogP contribution in [0.1, 0.15) is 24.3 Å². The van der Waals surface area contributed by atoms with Gasteiger partial charge in [-0.1, -0.05) is 17.7 Å². The number of hydrogen-bond acceptors (Lipinski definition) is 4. The minimum absolute atomic E-state index is 0.220. The number of rotatable bonds is 2. The Morgan fingerprint density at radius 2 is 2.18 bits per heavy atom. The van der Waals surface area contributed by atoms with Crippen LogP contribution < -0.4 is 0 Å². The van der Waals surface area contributed by atoms with Crippen molar-refractivity contribution in [2.45, 2.75) is 13.2 Å². The van der Waals surface area contributed by atoms with Gasteiger partial charge in [-0.2, -0.15) is 5.01 Å². The maximum absolute atomic E-state index is 11.8. The van der Waals surface area contributed by atoms with Crippen molar-refractivity contribution >= 4 is 39.3 Å². The van der Waals surface area contributed by atoms with Crippen LogP contribution >= 0.6 is 27.5 Å². The molecule has 1 amide bonds.